The van der Waals surface area contributed by atoms with Gasteiger partial charge in [0.15, 0.2) is 0 Å². The number of amides is 1. The van der Waals surface area contributed by atoms with Crippen molar-refractivity contribution in [2.45, 2.75) is 51.1 Å². The van der Waals surface area contributed by atoms with Gasteiger partial charge >= 0.3 is 0 Å². The standard InChI is InChI=1S/C21H28N6O/c28-21(23-13-18-5-1-2-10-22-18)9-6-16-4-3-11-27(14-16)20-12-19(24-15-25-20)26-17-7-8-17/h1-2,5,10,12,15-17H,3-4,6-9,11,13-14H2,(H,23,28)(H,24,25,26)/t16-/m0/s1. The summed E-state index contributed by atoms with van der Waals surface area (Å²) in [6.07, 6.45) is 9.62. The lowest BCUT2D eigenvalue weighted by Gasteiger charge is -2.33. The molecule has 3 heterocycles. The number of hydrogen-bond acceptors (Lipinski definition) is 6. The average molecular weight is 380 g/mol. The summed E-state index contributed by atoms with van der Waals surface area (Å²) in [5.41, 5.74) is 0.888. The highest BCUT2D eigenvalue weighted by atomic mass is 16.1. The Labute approximate surface area is 166 Å². The molecule has 1 saturated heterocycles. The summed E-state index contributed by atoms with van der Waals surface area (Å²) in [6, 6.07) is 8.38. The zero-order valence-electron chi connectivity index (χ0n) is 16.2. The first-order valence-electron chi connectivity index (χ1n) is 10.3. The molecule has 28 heavy (non-hydrogen) atoms. The van der Waals surface area contributed by atoms with Gasteiger partial charge in [-0.25, -0.2) is 9.97 Å². The van der Waals surface area contributed by atoms with Gasteiger partial charge in [0.25, 0.3) is 0 Å². The van der Waals surface area contributed by atoms with Gasteiger partial charge in [-0.2, -0.15) is 0 Å². The van der Waals surface area contributed by atoms with Crippen LogP contribution in [0.2, 0.25) is 0 Å². The summed E-state index contributed by atoms with van der Waals surface area (Å²) in [7, 11) is 0. The molecule has 2 aromatic heterocycles. The number of pyridine rings is 1. The minimum atomic E-state index is 0.0979. The van der Waals surface area contributed by atoms with Crippen LogP contribution in [0.4, 0.5) is 11.6 Å². The molecule has 0 spiro atoms. The normalized spacial score (nSPS) is 19.3. The van der Waals surface area contributed by atoms with E-state index in [9.17, 15) is 4.79 Å². The molecular formula is C21H28N6O. The number of carbonyl (C=O) groups is 1. The van der Waals surface area contributed by atoms with Gasteiger partial charge < -0.3 is 15.5 Å². The van der Waals surface area contributed by atoms with E-state index in [2.05, 4.69) is 36.6 Å². The van der Waals surface area contributed by atoms with Gasteiger partial charge in [0, 0.05) is 37.8 Å². The van der Waals surface area contributed by atoms with Crippen LogP contribution in [0.15, 0.2) is 36.8 Å². The van der Waals surface area contributed by atoms with E-state index in [4.69, 9.17) is 0 Å². The van der Waals surface area contributed by atoms with E-state index in [-0.39, 0.29) is 5.91 Å². The highest BCUT2D eigenvalue weighted by Gasteiger charge is 2.24. The number of hydrogen-bond donors (Lipinski definition) is 2. The molecule has 2 N–H and O–H groups in total. The lowest BCUT2D eigenvalue weighted by atomic mass is 9.93. The van der Waals surface area contributed by atoms with Crippen LogP contribution in [0.1, 0.15) is 44.2 Å². The second-order valence-electron chi connectivity index (χ2n) is 7.77. The van der Waals surface area contributed by atoms with Crippen molar-refractivity contribution in [3.05, 3.63) is 42.5 Å². The summed E-state index contributed by atoms with van der Waals surface area (Å²) in [5, 5.41) is 6.41. The number of rotatable bonds is 8. The van der Waals surface area contributed by atoms with Crippen LogP contribution in [-0.2, 0) is 11.3 Å². The van der Waals surface area contributed by atoms with E-state index in [0.717, 1.165) is 43.3 Å². The van der Waals surface area contributed by atoms with Crippen LogP contribution in [0.25, 0.3) is 0 Å². The van der Waals surface area contributed by atoms with Crippen LogP contribution in [0, 0.1) is 5.92 Å². The third kappa shape index (κ3) is 5.41. The van der Waals surface area contributed by atoms with Gasteiger partial charge in [-0.15, -0.1) is 0 Å². The third-order valence-electron chi connectivity index (χ3n) is 5.40. The van der Waals surface area contributed by atoms with Gasteiger partial charge in [-0.05, 0) is 50.2 Å². The molecule has 1 amide bonds. The quantitative estimate of drug-likeness (QED) is 0.733. The predicted molar refractivity (Wildman–Crippen MR) is 109 cm³/mol. The summed E-state index contributed by atoms with van der Waals surface area (Å²) in [6.45, 7) is 2.46. The molecule has 2 aliphatic rings. The lowest BCUT2D eigenvalue weighted by molar-refractivity contribution is -0.121. The molecule has 7 nitrogen and oxygen atoms in total. The number of nitrogens with zero attached hydrogens (tertiary/aromatic N) is 4. The summed E-state index contributed by atoms with van der Waals surface area (Å²) in [5.74, 6) is 2.52. The van der Waals surface area contributed by atoms with E-state index in [1.165, 1.54) is 19.3 Å². The molecule has 0 unspecified atom stereocenters. The van der Waals surface area contributed by atoms with Crippen molar-refractivity contribution in [2.75, 3.05) is 23.3 Å². The smallest absolute Gasteiger partial charge is 0.220 e. The fourth-order valence-electron chi connectivity index (χ4n) is 3.66. The first-order valence-corrected chi connectivity index (χ1v) is 10.3. The topological polar surface area (TPSA) is 83.0 Å². The fourth-order valence-corrected chi connectivity index (χ4v) is 3.66. The van der Waals surface area contributed by atoms with Crippen molar-refractivity contribution in [1.82, 2.24) is 20.3 Å². The maximum Gasteiger partial charge on any atom is 0.220 e. The Morgan fingerprint density at radius 2 is 2.11 bits per heavy atom. The number of piperidine rings is 1. The predicted octanol–water partition coefficient (Wildman–Crippen LogP) is 2.76. The maximum absolute atomic E-state index is 12.2. The first kappa shape index (κ1) is 18.7. The molecule has 4 rings (SSSR count). The van der Waals surface area contributed by atoms with Crippen molar-refractivity contribution >= 4 is 17.5 Å². The van der Waals surface area contributed by atoms with Gasteiger partial charge in [0.05, 0.1) is 12.2 Å². The largest absolute Gasteiger partial charge is 0.367 e. The van der Waals surface area contributed by atoms with E-state index < -0.39 is 0 Å². The molecule has 2 fully saturated rings. The fraction of sp³-hybridized carbons (Fsp3) is 0.524. The lowest BCUT2D eigenvalue weighted by Crippen LogP contribution is -2.36. The summed E-state index contributed by atoms with van der Waals surface area (Å²) >= 11 is 0. The summed E-state index contributed by atoms with van der Waals surface area (Å²) in [4.78, 5) is 27.6. The SMILES string of the molecule is O=C(CC[C@@H]1CCCN(c2cc(NC3CC3)ncn2)C1)NCc1ccccn1. The number of nitrogens with one attached hydrogen (secondary N) is 2. The van der Waals surface area contributed by atoms with E-state index in [1.54, 1.807) is 12.5 Å². The molecule has 1 aliphatic heterocycles. The number of carbonyl (C=O) groups excluding carboxylic acids is 1. The van der Waals surface area contributed by atoms with Gasteiger partial charge in [-0.1, -0.05) is 6.07 Å². The van der Waals surface area contributed by atoms with Crippen LogP contribution in [0.3, 0.4) is 0 Å². The first-order chi connectivity index (χ1) is 13.8. The molecular weight excluding hydrogens is 352 g/mol. The molecule has 0 aromatic carbocycles. The van der Waals surface area contributed by atoms with Gasteiger partial charge in [0.1, 0.15) is 18.0 Å². The third-order valence-corrected chi connectivity index (χ3v) is 5.40. The zero-order valence-corrected chi connectivity index (χ0v) is 16.2. The molecule has 7 heteroatoms. The molecule has 0 bridgehead atoms. The van der Waals surface area contributed by atoms with Crippen LogP contribution < -0.4 is 15.5 Å². The van der Waals surface area contributed by atoms with Crippen molar-refractivity contribution in [3.8, 4) is 0 Å². The van der Waals surface area contributed by atoms with Crippen molar-refractivity contribution in [1.29, 1.82) is 0 Å². The molecule has 1 saturated carbocycles. The van der Waals surface area contributed by atoms with E-state index in [0.29, 0.717) is 24.9 Å². The van der Waals surface area contributed by atoms with Crippen molar-refractivity contribution in [3.63, 3.8) is 0 Å². The Hall–Kier alpha value is -2.70. The highest BCUT2D eigenvalue weighted by molar-refractivity contribution is 5.75. The maximum atomic E-state index is 12.2. The monoisotopic (exact) mass is 380 g/mol. The zero-order chi connectivity index (χ0) is 19.2. The second kappa shape index (κ2) is 8.99. The Morgan fingerprint density at radius 3 is 2.93 bits per heavy atom. The van der Waals surface area contributed by atoms with E-state index in [1.807, 2.05) is 18.2 Å². The van der Waals surface area contributed by atoms with Crippen LogP contribution in [0.5, 0.6) is 0 Å². The van der Waals surface area contributed by atoms with Gasteiger partial charge in [0.2, 0.25) is 5.91 Å². The minimum absolute atomic E-state index is 0.0979. The Bertz CT molecular complexity index is 779. The van der Waals surface area contributed by atoms with E-state index >= 15 is 0 Å². The van der Waals surface area contributed by atoms with Gasteiger partial charge in [-0.3, -0.25) is 9.78 Å². The summed E-state index contributed by atoms with van der Waals surface area (Å²) < 4.78 is 0. The average Bonchev–Trinajstić information content (AvgIpc) is 3.56. The Morgan fingerprint density at radius 1 is 1.18 bits per heavy atom. The van der Waals surface area contributed by atoms with Crippen molar-refractivity contribution < 1.29 is 4.79 Å². The number of anilines is 2. The Balaban J connectivity index is 1.24. The Kier molecular flexibility index (Phi) is 5.99. The molecule has 0 radical (unpaired) electrons. The molecule has 1 atom stereocenters. The van der Waals surface area contributed by atoms with Crippen molar-refractivity contribution in [2.24, 2.45) is 5.92 Å². The number of aromatic nitrogens is 3. The highest BCUT2D eigenvalue weighted by Crippen LogP contribution is 2.27. The molecule has 148 valence electrons. The molecule has 1 aliphatic carbocycles. The van der Waals surface area contributed by atoms with Crippen LogP contribution in [-0.4, -0.2) is 40.0 Å². The molecule has 2 aromatic rings. The minimum Gasteiger partial charge on any atom is -0.367 e. The van der Waals surface area contributed by atoms with Crippen LogP contribution >= 0.6 is 0 Å². The second-order valence-corrected chi connectivity index (χ2v) is 7.77.